The van der Waals surface area contributed by atoms with Crippen LogP contribution in [0.3, 0.4) is 0 Å². The summed E-state index contributed by atoms with van der Waals surface area (Å²) >= 11 is 3.54. The van der Waals surface area contributed by atoms with Crippen LogP contribution in [0.1, 0.15) is 38.5 Å². The van der Waals surface area contributed by atoms with Crippen molar-refractivity contribution < 1.29 is 0 Å². The average molecular weight is 324 g/mol. The van der Waals surface area contributed by atoms with E-state index in [1.165, 1.54) is 45.1 Å². The van der Waals surface area contributed by atoms with Crippen LogP contribution >= 0.6 is 15.9 Å². The van der Waals surface area contributed by atoms with Crippen molar-refractivity contribution in [3.63, 3.8) is 0 Å². The lowest BCUT2D eigenvalue weighted by atomic mass is 9.79. The molecule has 3 unspecified atom stereocenters. The van der Waals surface area contributed by atoms with E-state index in [4.69, 9.17) is 0 Å². The SMILES string of the molecule is Brc1ncccc1NC1CCCCC1C1CCCN1. The summed E-state index contributed by atoms with van der Waals surface area (Å²) in [4.78, 5) is 4.31. The average Bonchev–Trinajstić information content (AvgIpc) is 2.96. The van der Waals surface area contributed by atoms with Crippen molar-refractivity contribution in [1.29, 1.82) is 0 Å². The number of pyridine rings is 1. The Labute approximate surface area is 123 Å². The van der Waals surface area contributed by atoms with Crippen LogP contribution in [0.2, 0.25) is 0 Å². The van der Waals surface area contributed by atoms with Gasteiger partial charge >= 0.3 is 0 Å². The van der Waals surface area contributed by atoms with Crippen LogP contribution in [0.25, 0.3) is 0 Å². The Balaban J connectivity index is 1.71. The first-order valence-corrected chi connectivity index (χ1v) is 8.24. The summed E-state index contributed by atoms with van der Waals surface area (Å²) in [5.41, 5.74) is 1.14. The molecule has 3 atom stereocenters. The van der Waals surface area contributed by atoms with Crippen LogP contribution in [0.5, 0.6) is 0 Å². The summed E-state index contributed by atoms with van der Waals surface area (Å²) < 4.78 is 0.929. The van der Waals surface area contributed by atoms with Gasteiger partial charge in [0, 0.05) is 18.3 Å². The first-order valence-electron chi connectivity index (χ1n) is 7.45. The summed E-state index contributed by atoms with van der Waals surface area (Å²) in [5, 5.41) is 7.42. The molecule has 2 heterocycles. The van der Waals surface area contributed by atoms with Gasteiger partial charge in [-0.1, -0.05) is 12.8 Å². The van der Waals surface area contributed by atoms with Crippen LogP contribution in [-0.2, 0) is 0 Å². The minimum atomic E-state index is 0.588. The van der Waals surface area contributed by atoms with Crippen LogP contribution in [-0.4, -0.2) is 23.6 Å². The summed E-state index contributed by atoms with van der Waals surface area (Å²) in [6.45, 7) is 1.20. The molecule has 19 heavy (non-hydrogen) atoms. The third-order valence-corrected chi connectivity index (χ3v) is 5.17. The molecule has 2 N–H and O–H groups in total. The molecule has 3 nitrogen and oxygen atoms in total. The molecule has 2 aliphatic rings. The molecule has 1 saturated carbocycles. The molecule has 1 aromatic rings. The third kappa shape index (κ3) is 3.11. The Bertz CT molecular complexity index is 418. The molecule has 3 rings (SSSR count). The minimum Gasteiger partial charge on any atom is -0.380 e. The number of rotatable bonds is 3. The van der Waals surface area contributed by atoms with Gasteiger partial charge in [0.1, 0.15) is 4.60 Å². The number of hydrogen-bond donors (Lipinski definition) is 2. The van der Waals surface area contributed by atoms with E-state index in [1.807, 2.05) is 12.3 Å². The Morgan fingerprint density at radius 1 is 1.21 bits per heavy atom. The highest BCUT2D eigenvalue weighted by Gasteiger charge is 2.33. The van der Waals surface area contributed by atoms with Gasteiger partial charge < -0.3 is 10.6 Å². The van der Waals surface area contributed by atoms with E-state index in [2.05, 4.69) is 37.6 Å². The summed E-state index contributed by atoms with van der Waals surface area (Å²) in [5.74, 6) is 0.767. The van der Waals surface area contributed by atoms with E-state index in [9.17, 15) is 0 Å². The maximum Gasteiger partial charge on any atom is 0.129 e. The number of halogens is 1. The van der Waals surface area contributed by atoms with Gasteiger partial charge in [-0.15, -0.1) is 0 Å². The molecule has 104 valence electrons. The molecular formula is C15H22BrN3. The lowest BCUT2D eigenvalue weighted by Gasteiger charge is -2.37. The highest BCUT2D eigenvalue weighted by molar-refractivity contribution is 9.10. The zero-order valence-electron chi connectivity index (χ0n) is 11.2. The lowest BCUT2D eigenvalue weighted by Crippen LogP contribution is -2.43. The zero-order chi connectivity index (χ0) is 13.1. The van der Waals surface area contributed by atoms with E-state index in [0.717, 1.165) is 16.2 Å². The first-order chi connectivity index (χ1) is 9.34. The summed E-state index contributed by atoms with van der Waals surface area (Å²) in [7, 11) is 0. The molecule has 0 radical (unpaired) electrons. The smallest absolute Gasteiger partial charge is 0.129 e. The standard InChI is InChI=1S/C15H22BrN3/c16-15-14(8-4-10-18-15)19-13-6-2-1-5-11(13)12-7-3-9-17-12/h4,8,10-13,17,19H,1-3,5-7,9H2. The monoisotopic (exact) mass is 323 g/mol. The van der Waals surface area contributed by atoms with Crippen molar-refractivity contribution in [2.75, 3.05) is 11.9 Å². The van der Waals surface area contributed by atoms with Crippen LogP contribution in [0.4, 0.5) is 5.69 Å². The van der Waals surface area contributed by atoms with Crippen molar-refractivity contribution in [3.05, 3.63) is 22.9 Å². The largest absolute Gasteiger partial charge is 0.380 e. The Kier molecular flexibility index (Phi) is 4.38. The topological polar surface area (TPSA) is 37.0 Å². The molecule has 0 bridgehead atoms. The van der Waals surface area contributed by atoms with Crippen LogP contribution in [0.15, 0.2) is 22.9 Å². The second-order valence-electron chi connectivity index (χ2n) is 5.74. The second-order valence-corrected chi connectivity index (χ2v) is 6.49. The zero-order valence-corrected chi connectivity index (χ0v) is 12.8. The van der Waals surface area contributed by atoms with E-state index in [1.54, 1.807) is 0 Å². The number of nitrogens with one attached hydrogen (secondary N) is 2. The van der Waals surface area contributed by atoms with Crippen molar-refractivity contribution in [1.82, 2.24) is 10.3 Å². The number of aromatic nitrogens is 1. The first kappa shape index (κ1) is 13.4. The van der Waals surface area contributed by atoms with Gasteiger partial charge in [-0.3, -0.25) is 0 Å². The molecule has 4 heteroatoms. The van der Waals surface area contributed by atoms with E-state index in [-0.39, 0.29) is 0 Å². The molecule has 0 spiro atoms. The molecular weight excluding hydrogens is 302 g/mol. The Hall–Kier alpha value is -0.610. The second kappa shape index (κ2) is 6.23. The summed E-state index contributed by atoms with van der Waals surface area (Å²) in [6, 6.07) is 5.42. The molecule has 1 aliphatic carbocycles. The Morgan fingerprint density at radius 2 is 2.11 bits per heavy atom. The fourth-order valence-corrected chi connectivity index (χ4v) is 3.96. The highest BCUT2D eigenvalue weighted by Crippen LogP contribution is 2.33. The number of hydrogen-bond acceptors (Lipinski definition) is 3. The predicted octanol–water partition coefficient (Wildman–Crippen LogP) is 3.57. The van der Waals surface area contributed by atoms with Gasteiger partial charge in [0.25, 0.3) is 0 Å². The van der Waals surface area contributed by atoms with Crippen molar-refractivity contribution in [2.45, 2.75) is 50.6 Å². The van der Waals surface area contributed by atoms with Gasteiger partial charge in [0.15, 0.2) is 0 Å². The third-order valence-electron chi connectivity index (χ3n) is 4.53. The maximum absolute atomic E-state index is 4.31. The predicted molar refractivity (Wildman–Crippen MR) is 82.3 cm³/mol. The fourth-order valence-electron chi connectivity index (χ4n) is 3.59. The van der Waals surface area contributed by atoms with Gasteiger partial charge in [-0.2, -0.15) is 0 Å². The molecule has 1 aliphatic heterocycles. The van der Waals surface area contributed by atoms with Crippen LogP contribution in [0, 0.1) is 5.92 Å². The van der Waals surface area contributed by atoms with Gasteiger partial charge in [0.2, 0.25) is 0 Å². The van der Waals surface area contributed by atoms with Crippen LogP contribution < -0.4 is 10.6 Å². The fraction of sp³-hybridized carbons (Fsp3) is 0.667. The van der Waals surface area contributed by atoms with E-state index in [0.29, 0.717) is 12.1 Å². The number of nitrogens with zero attached hydrogens (tertiary/aromatic N) is 1. The molecule has 1 aromatic heterocycles. The van der Waals surface area contributed by atoms with Crippen molar-refractivity contribution in [3.8, 4) is 0 Å². The minimum absolute atomic E-state index is 0.588. The Morgan fingerprint density at radius 3 is 2.89 bits per heavy atom. The van der Waals surface area contributed by atoms with Gasteiger partial charge in [0.05, 0.1) is 5.69 Å². The molecule has 1 saturated heterocycles. The van der Waals surface area contributed by atoms with E-state index >= 15 is 0 Å². The maximum atomic E-state index is 4.31. The molecule has 0 aromatic carbocycles. The van der Waals surface area contributed by atoms with Crippen molar-refractivity contribution >= 4 is 21.6 Å². The highest BCUT2D eigenvalue weighted by atomic mass is 79.9. The summed E-state index contributed by atoms with van der Waals surface area (Å²) in [6.07, 6.45) is 9.87. The van der Waals surface area contributed by atoms with Gasteiger partial charge in [-0.25, -0.2) is 4.98 Å². The van der Waals surface area contributed by atoms with E-state index < -0.39 is 0 Å². The molecule has 0 amide bonds. The normalized spacial score (nSPS) is 31.3. The quantitative estimate of drug-likeness (QED) is 0.835. The van der Waals surface area contributed by atoms with Gasteiger partial charge in [-0.05, 0) is 66.2 Å². The number of anilines is 1. The lowest BCUT2D eigenvalue weighted by molar-refractivity contribution is 0.262. The molecule has 2 fully saturated rings. The van der Waals surface area contributed by atoms with Crippen molar-refractivity contribution in [2.24, 2.45) is 5.92 Å².